The first kappa shape index (κ1) is 13.7. The molecule has 0 bridgehead atoms. The van der Waals surface area contributed by atoms with Crippen LogP contribution in [0.3, 0.4) is 0 Å². The van der Waals surface area contributed by atoms with Crippen LogP contribution in [0.1, 0.15) is 26.3 Å². The lowest BCUT2D eigenvalue weighted by Gasteiger charge is -2.31. The third-order valence-electron chi connectivity index (χ3n) is 2.75. The highest BCUT2D eigenvalue weighted by Crippen LogP contribution is 2.19. The zero-order chi connectivity index (χ0) is 12.2. The van der Waals surface area contributed by atoms with Gasteiger partial charge in [0.2, 0.25) is 0 Å². The van der Waals surface area contributed by atoms with Crippen molar-refractivity contribution in [3.8, 4) is 0 Å². The molecular formula is C13H20BrNO. The first-order valence-corrected chi connectivity index (χ1v) is 6.39. The van der Waals surface area contributed by atoms with Gasteiger partial charge in [0.05, 0.1) is 5.60 Å². The van der Waals surface area contributed by atoms with E-state index in [1.54, 1.807) is 0 Å². The third kappa shape index (κ3) is 3.89. The summed E-state index contributed by atoms with van der Waals surface area (Å²) in [5, 5.41) is 0. The molecule has 1 rings (SSSR count). The number of nitrogens with two attached hydrogens (primary N) is 1. The number of hydrogen-bond donors (Lipinski definition) is 1. The molecule has 0 aliphatic carbocycles. The van der Waals surface area contributed by atoms with Crippen LogP contribution in [0.5, 0.6) is 0 Å². The molecule has 1 atom stereocenters. The van der Waals surface area contributed by atoms with Crippen LogP contribution in [-0.4, -0.2) is 18.2 Å². The van der Waals surface area contributed by atoms with Gasteiger partial charge in [-0.15, -0.1) is 0 Å². The minimum absolute atomic E-state index is 0.00162. The standard InChI is InChI=1S/C13H20BrNO/c1-4-16-13(2,3)12(15)9-10-6-5-7-11(14)8-10/h5-8,12H,4,9,15H2,1-3H3. The number of ether oxygens (including phenoxy) is 1. The van der Waals surface area contributed by atoms with Gasteiger partial charge in [-0.25, -0.2) is 0 Å². The Hall–Kier alpha value is -0.380. The molecule has 0 aromatic heterocycles. The van der Waals surface area contributed by atoms with Crippen molar-refractivity contribution in [2.45, 2.75) is 38.8 Å². The monoisotopic (exact) mass is 285 g/mol. The second-order valence-electron chi connectivity index (χ2n) is 4.48. The third-order valence-corrected chi connectivity index (χ3v) is 3.25. The lowest BCUT2D eigenvalue weighted by molar-refractivity contribution is -0.0288. The summed E-state index contributed by atoms with van der Waals surface area (Å²) >= 11 is 3.46. The molecule has 3 heteroatoms. The minimum atomic E-state index is -0.281. The molecule has 0 amide bonds. The number of hydrogen-bond acceptors (Lipinski definition) is 2. The van der Waals surface area contributed by atoms with E-state index in [1.807, 2.05) is 32.9 Å². The van der Waals surface area contributed by atoms with Crippen molar-refractivity contribution >= 4 is 15.9 Å². The Morgan fingerprint density at radius 3 is 2.69 bits per heavy atom. The maximum Gasteiger partial charge on any atom is 0.0779 e. The molecule has 0 saturated carbocycles. The second kappa shape index (κ2) is 5.80. The highest BCUT2D eigenvalue weighted by atomic mass is 79.9. The van der Waals surface area contributed by atoms with Crippen molar-refractivity contribution in [2.24, 2.45) is 5.73 Å². The predicted octanol–water partition coefficient (Wildman–Crippen LogP) is 3.13. The van der Waals surface area contributed by atoms with E-state index in [0.717, 1.165) is 10.9 Å². The van der Waals surface area contributed by atoms with Crippen LogP contribution < -0.4 is 5.73 Å². The quantitative estimate of drug-likeness (QED) is 0.902. The van der Waals surface area contributed by atoms with Gasteiger partial charge in [0.1, 0.15) is 0 Å². The van der Waals surface area contributed by atoms with Gasteiger partial charge in [0, 0.05) is 17.1 Å². The van der Waals surface area contributed by atoms with Crippen LogP contribution in [0.2, 0.25) is 0 Å². The van der Waals surface area contributed by atoms with E-state index in [0.29, 0.717) is 6.61 Å². The highest BCUT2D eigenvalue weighted by Gasteiger charge is 2.26. The van der Waals surface area contributed by atoms with E-state index in [4.69, 9.17) is 10.5 Å². The molecule has 0 spiro atoms. The summed E-state index contributed by atoms with van der Waals surface area (Å²) in [5.74, 6) is 0. The van der Waals surface area contributed by atoms with Crippen LogP contribution in [0.15, 0.2) is 28.7 Å². The van der Waals surface area contributed by atoms with Crippen molar-refractivity contribution < 1.29 is 4.74 Å². The number of benzene rings is 1. The van der Waals surface area contributed by atoms with E-state index in [9.17, 15) is 0 Å². The van der Waals surface area contributed by atoms with Gasteiger partial charge >= 0.3 is 0 Å². The molecule has 16 heavy (non-hydrogen) atoms. The number of rotatable bonds is 5. The summed E-state index contributed by atoms with van der Waals surface area (Å²) in [7, 11) is 0. The minimum Gasteiger partial charge on any atom is -0.374 e. The van der Waals surface area contributed by atoms with Gasteiger partial charge in [0.15, 0.2) is 0 Å². The van der Waals surface area contributed by atoms with Crippen LogP contribution in [0, 0.1) is 0 Å². The van der Waals surface area contributed by atoms with Crippen LogP contribution >= 0.6 is 15.9 Å². The molecule has 90 valence electrons. The summed E-state index contributed by atoms with van der Waals surface area (Å²) in [6.07, 6.45) is 0.826. The lowest BCUT2D eigenvalue weighted by Crippen LogP contribution is -2.46. The zero-order valence-corrected chi connectivity index (χ0v) is 11.8. The Kier molecular flexibility index (Phi) is 4.96. The van der Waals surface area contributed by atoms with Crippen LogP contribution in [0.25, 0.3) is 0 Å². The maximum atomic E-state index is 6.18. The fourth-order valence-corrected chi connectivity index (χ4v) is 2.09. The summed E-state index contributed by atoms with van der Waals surface area (Å²) < 4.78 is 6.75. The summed E-state index contributed by atoms with van der Waals surface area (Å²) in [6, 6.07) is 8.23. The molecule has 2 N–H and O–H groups in total. The van der Waals surface area contributed by atoms with Gasteiger partial charge in [-0.2, -0.15) is 0 Å². The first-order chi connectivity index (χ1) is 7.45. The van der Waals surface area contributed by atoms with E-state index in [1.165, 1.54) is 5.56 Å². The summed E-state index contributed by atoms with van der Waals surface area (Å²) in [4.78, 5) is 0. The molecule has 0 radical (unpaired) electrons. The second-order valence-corrected chi connectivity index (χ2v) is 5.39. The van der Waals surface area contributed by atoms with Gasteiger partial charge in [-0.3, -0.25) is 0 Å². The normalized spacial score (nSPS) is 13.8. The fraction of sp³-hybridized carbons (Fsp3) is 0.538. The molecule has 0 aliphatic rings. The molecule has 0 fully saturated rings. The Morgan fingerprint density at radius 2 is 2.12 bits per heavy atom. The number of halogens is 1. The average Bonchev–Trinajstić information content (AvgIpc) is 2.17. The van der Waals surface area contributed by atoms with E-state index in [-0.39, 0.29) is 11.6 Å². The van der Waals surface area contributed by atoms with Crippen LogP contribution in [0.4, 0.5) is 0 Å². The van der Waals surface area contributed by atoms with E-state index in [2.05, 4.69) is 28.1 Å². The van der Waals surface area contributed by atoms with E-state index < -0.39 is 0 Å². The SMILES string of the molecule is CCOC(C)(C)C(N)Cc1cccc(Br)c1. The van der Waals surface area contributed by atoms with Crippen molar-refractivity contribution in [2.75, 3.05) is 6.61 Å². The molecule has 0 heterocycles. The highest BCUT2D eigenvalue weighted by molar-refractivity contribution is 9.10. The van der Waals surface area contributed by atoms with Gasteiger partial charge in [-0.1, -0.05) is 28.1 Å². The molecule has 2 nitrogen and oxygen atoms in total. The Labute approximate surface area is 106 Å². The molecule has 0 aliphatic heterocycles. The van der Waals surface area contributed by atoms with Crippen molar-refractivity contribution in [1.29, 1.82) is 0 Å². The Balaban J connectivity index is 2.67. The zero-order valence-electron chi connectivity index (χ0n) is 10.2. The smallest absolute Gasteiger partial charge is 0.0779 e. The van der Waals surface area contributed by atoms with Crippen molar-refractivity contribution in [1.82, 2.24) is 0 Å². The topological polar surface area (TPSA) is 35.2 Å². The first-order valence-electron chi connectivity index (χ1n) is 5.59. The summed E-state index contributed by atoms with van der Waals surface area (Å²) in [6.45, 7) is 6.77. The predicted molar refractivity (Wildman–Crippen MR) is 71.5 cm³/mol. The maximum absolute atomic E-state index is 6.18. The van der Waals surface area contributed by atoms with Gasteiger partial charge in [0.25, 0.3) is 0 Å². The van der Waals surface area contributed by atoms with Crippen LogP contribution in [-0.2, 0) is 11.2 Å². The lowest BCUT2D eigenvalue weighted by atomic mass is 9.93. The average molecular weight is 286 g/mol. The largest absolute Gasteiger partial charge is 0.374 e. The Bertz CT molecular complexity index is 338. The molecule has 1 unspecified atom stereocenters. The van der Waals surface area contributed by atoms with Crippen molar-refractivity contribution in [3.05, 3.63) is 34.3 Å². The molecule has 1 aromatic rings. The van der Waals surface area contributed by atoms with E-state index >= 15 is 0 Å². The Morgan fingerprint density at radius 1 is 1.44 bits per heavy atom. The van der Waals surface area contributed by atoms with Gasteiger partial charge < -0.3 is 10.5 Å². The molecule has 0 saturated heterocycles. The molecule has 1 aromatic carbocycles. The molecular weight excluding hydrogens is 266 g/mol. The van der Waals surface area contributed by atoms with Gasteiger partial charge in [-0.05, 0) is 44.9 Å². The van der Waals surface area contributed by atoms with Crippen molar-refractivity contribution in [3.63, 3.8) is 0 Å². The summed E-state index contributed by atoms with van der Waals surface area (Å²) in [5.41, 5.74) is 7.13. The fourth-order valence-electron chi connectivity index (χ4n) is 1.64.